The highest BCUT2D eigenvalue weighted by Gasteiger charge is 2.30. The maximum Gasteiger partial charge on any atom is 0.407 e. The van der Waals surface area contributed by atoms with E-state index in [4.69, 9.17) is 4.74 Å². The molecule has 0 unspecified atom stereocenters. The lowest BCUT2D eigenvalue weighted by Crippen LogP contribution is -2.54. The number of hydrogen-bond donors (Lipinski definition) is 1. The number of rotatable bonds is 7. The Morgan fingerprint density at radius 1 is 1.28 bits per heavy atom. The van der Waals surface area contributed by atoms with E-state index in [-0.39, 0.29) is 17.8 Å². The number of piperazine rings is 1. The Morgan fingerprint density at radius 2 is 2.03 bits per heavy atom. The molecule has 1 saturated heterocycles. The van der Waals surface area contributed by atoms with Crippen molar-refractivity contribution < 1.29 is 18.7 Å². The molecule has 1 atom stereocenters. The highest BCUT2D eigenvalue weighted by Crippen LogP contribution is 2.24. The largest absolute Gasteiger partial charge is 0.444 e. The van der Waals surface area contributed by atoms with Crippen LogP contribution in [0.15, 0.2) is 37.0 Å². The van der Waals surface area contributed by atoms with E-state index in [9.17, 15) is 14.0 Å². The minimum Gasteiger partial charge on any atom is -0.444 e. The molecule has 1 aromatic heterocycles. The topological polar surface area (TPSA) is 74.8 Å². The second kappa shape index (κ2) is 11.5. The number of alkyl carbamates (subject to hydrolysis) is 1. The molecule has 0 bridgehead atoms. The molecule has 2 heterocycles. The van der Waals surface area contributed by atoms with E-state index in [0.29, 0.717) is 50.4 Å². The fraction of sp³-hybridized carbons (Fsp3) is 0.464. The summed E-state index contributed by atoms with van der Waals surface area (Å²) in [7, 11) is 0. The van der Waals surface area contributed by atoms with Crippen molar-refractivity contribution in [3.63, 3.8) is 0 Å². The fourth-order valence-electron chi connectivity index (χ4n) is 4.37. The third kappa shape index (κ3) is 7.06. The normalized spacial score (nSPS) is 16.0. The summed E-state index contributed by atoms with van der Waals surface area (Å²) < 4.78 is 18.6. The summed E-state index contributed by atoms with van der Waals surface area (Å²) in [5.41, 5.74) is 3.04. The third-order valence-corrected chi connectivity index (χ3v) is 6.16. The van der Waals surface area contributed by atoms with Gasteiger partial charge in [0.05, 0.1) is 6.20 Å². The van der Waals surface area contributed by atoms with Gasteiger partial charge in [-0.05, 0) is 82.3 Å². The van der Waals surface area contributed by atoms with Gasteiger partial charge in [0.15, 0.2) is 0 Å². The van der Waals surface area contributed by atoms with E-state index >= 15 is 0 Å². The SMILES string of the molecule is C=Cc1cc(C(=O)N2CCN(c3ccc(F)cn3)C[C@H]2C)c(CCCNC(=O)OC(C)(C)C)cc1C. The van der Waals surface area contributed by atoms with E-state index in [1.54, 1.807) is 12.1 Å². The van der Waals surface area contributed by atoms with Crippen LogP contribution in [0.3, 0.4) is 0 Å². The smallest absolute Gasteiger partial charge is 0.407 e. The number of halogens is 1. The van der Waals surface area contributed by atoms with Crippen LogP contribution >= 0.6 is 0 Å². The minimum absolute atomic E-state index is 0.0209. The molecular weight excluding hydrogens is 459 g/mol. The summed E-state index contributed by atoms with van der Waals surface area (Å²) in [6, 6.07) is 6.98. The third-order valence-electron chi connectivity index (χ3n) is 6.16. The number of aromatic nitrogens is 1. The minimum atomic E-state index is -0.547. The van der Waals surface area contributed by atoms with Gasteiger partial charge in [0.1, 0.15) is 17.2 Å². The molecule has 0 aliphatic carbocycles. The second-order valence-electron chi connectivity index (χ2n) is 10.2. The van der Waals surface area contributed by atoms with Crippen LogP contribution in [0.5, 0.6) is 0 Å². The van der Waals surface area contributed by atoms with Gasteiger partial charge in [-0.2, -0.15) is 0 Å². The monoisotopic (exact) mass is 496 g/mol. The first-order valence-corrected chi connectivity index (χ1v) is 12.4. The van der Waals surface area contributed by atoms with Gasteiger partial charge in [0.2, 0.25) is 0 Å². The first-order chi connectivity index (χ1) is 17.0. The van der Waals surface area contributed by atoms with E-state index in [1.165, 1.54) is 12.3 Å². The van der Waals surface area contributed by atoms with E-state index < -0.39 is 11.7 Å². The number of aryl methyl sites for hydroxylation is 2. The van der Waals surface area contributed by atoms with Crippen molar-refractivity contribution in [2.24, 2.45) is 0 Å². The second-order valence-corrected chi connectivity index (χ2v) is 10.2. The zero-order chi connectivity index (χ0) is 26.5. The number of anilines is 1. The first-order valence-electron chi connectivity index (χ1n) is 12.4. The van der Waals surface area contributed by atoms with Crippen LogP contribution in [-0.2, 0) is 11.2 Å². The molecule has 0 radical (unpaired) electrons. The molecule has 0 spiro atoms. The van der Waals surface area contributed by atoms with Crippen LogP contribution in [0.2, 0.25) is 0 Å². The molecule has 2 aromatic rings. The molecule has 3 rings (SSSR count). The maximum absolute atomic E-state index is 13.7. The zero-order valence-corrected chi connectivity index (χ0v) is 21.9. The summed E-state index contributed by atoms with van der Waals surface area (Å²) in [5, 5.41) is 2.78. The summed E-state index contributed by atoms with van der Waals surface area (Å²) in [6.07, 6.45) is 3.85. The van der Waals surface area contributed by atoms with Crippen molar-refractivity contribution in [2.75, 3.05) is 31.1 Å². The van der Waals surface area contributed by atoms with Gasteiger partial charge >= 0.3 is 6.09 Å². The number of pyridine rings is 1. The molecule has 36 heavy (non-hydrogen) atoms. The molecule has 1 aliphatic heterocycles. The van der Waals surface area contributed by atoms with Gasteiger partial charge in [-0.3, -0.25) is 4.79 Å². The zero-order valence-electron chi connectivity index (χ0n) is 21.9. The average molecular weight is 497 g/mol. The number of nitrogens with one attached hydrogen (secondary N) is 1. The van der Waals surface area contributed by atoms with Gasteiger partial charge in [0.25, 0.3) is 5.91 Å². The molecule has 2 amide bonds. The molecule has 1 N–H and O–H groups in total. The molecule has 0 saturated carbocycles. The number of benzene rings is 1. The van der Waals surface area contributed by atoms with E-state index in [2.05, 4.69) is 21.8 Å². The highest BCUT2D eigenvalue weighted by molar-refractivity contribution is 5.97. The van der Waals surface area contributed by atoms with E-state index in [1.807, 2.05) is 51.7 Å². The van der Waals surface area contributed by atoms with Crippen molar-refractivity contribution >= 4 is 23.9 Å². The number of carbonyl (C=O) groups excluding carboxylic acids is 2. The summed E-state index contributed by atoms with van der Waals surface area (Å²) in [6.45, 7) is 15.6. The van der Waals surface area contributed by atoms with Crippen molar-refractivity contribution in [1.82, 2.24) is 15.2 Å². The van der Waals surface area contributed by atoms with Crippen LogP contribution in [0.1, 0.15) is 61.2 Å². The molecule has 1 fully saturated rings. The number of carbonyl (C=O) groups is 2. The number of ether oxygens (including phenoxy) is 1. The lowest BCUT2D eigenvalue weighted by Gasteiger charge is -2.40. The Bertz CT molecular complexity index is 1100. The highest BCUT2D eigenvalue weighted by atomic mass is 19.1. The first kappa shape index (κ1) is 27.2. The van der Waals surface area contributed by atoms with Gasteiger partial charge in [-0.15, -0.1) is 0 Å². The van der Waals surface area contributed by atoms with E-state index in [0.717, 1.165) is 16.7 Å². The maximum atomic E-state index is 13.7. The number of amides is 2. The Hall–Kier alpha value is -3.42. The lowest BCUT2D eigenvalue weighted by atomic mass is 9.94. The molecule has 1 aromatic carbocycles. The average Bonchev–Trinajstić information content (AvgIpc) is 2.81. The predicted octanol–water partition coefficient (Wildman–Crippen LogP) is 4.98. The van der Waals surface area contributed by atoms with Crippen LogP contribution in [0.25, 0.3) is 6.08 Å². The van der Waals surface area contributed by atoms with Gasteiger partial charge in [-0.25, -0.2) is 14.2 Å². The molecular formula is C28H37FN4O3. The van der Waals surface area contributed by atoms with Gasteiger partial charge < -0.3 is 19.9 Å². The Morgan fingerprint density at radius 3 is 2.64 bits per heavy atom. The summed E-state index contributed by atoms with van der Waals surface area (Å²) in [5.74, 6) is 0.317. The quantitative estimate of drug-likeness (QED) is 0.547. The standard InChI is InChI=1S/C28H37FN4O3/c1-7-21-16-24(22(15-19(21)2)9-8-12-30-27(35)36-28(4,5)6)26(34)33-14-13-32(18-20(33)3)25-11-10-23(29)17-31-25/h7,10-11,15-17,20H,1,8-9,12-14,18H2,2-6H3,(H,30,35)/t20-/m1/s1. The Kier molecular flexibility index (Phi) is 8.71. The van der Waals surface area contributed by atoms with Gasteiger partial charge in [-0.1, -0.05) is 18.7 Å². The van der Waals surface area contributed by atoms with Crippen LogP contribution < -0.4 is 10.2 Å². The van der Waals surface area contributed by atoms with Crippen LogP contribution in [0.4, 0.5) is 15.0 Å². The molecule has 194 valence electrons. The summed E-state index contributed by atoms with van der Waals surface area (Å²) in [4.78, 5) is 33.8. The molecule has 7 nitrogen and oxygen atoms in total. The summed E-state index contributed by atoms with van der Waals surface area (Å²) >= 11 is 0. The van der Waals surface area contributed by atoms with Crippen molar-refractivity contribution in [3.05, 3.63) is 65.1 Å². The van der Waals surface area contributed by atoms with Crippen LogP contribution in [0, 0.1) is 12.7 Å². The van der Waals surface area contributed by atoms with Crippen molar-refractivity contribution in [1.29, 1.82) is 0 Å². The lowest BCUT2D eigenvalue weighted by molar-refractivity contribution is 0.0526. The molecule has 1 aliphatic rings. The Labute approximate surface area is 213 Å². The number of nitrogens with zero attached hydrogens (tertiary/aromatic N) is 3. The predicted molar refractivity (Wildman–Crippen MR) is 141 cm³/mol. The van der Waals surface area contributed by atoms with Crippen LogP contribution in [-0.4, -0.2) is 59.7 Å². The number of hydrogen-bond acceptors (Lipinski definition) is 5. The van der Waals surface area contributed by atoms with Crippen molar-refractivity contribution in [3.8, 4) is 0 Å². The van der Waals surface area contributed by atoms with Crippen molar-refractivity contribution in [2.45, 2.75) is 59.1 Å². The Balaban J connectivity index is 1.70. The molecule has 8 heteroatoms. The van der Waals surface area contributed by atoms with Gasteiger partial charge in [0, 0.05) is 37.8 Å². The fourth-order valence-corrected chi connectivity index (χ4v) is 4.37.